The van der Waals surface area contributed by atoms with Gasteiger partial charge >= 0.3 is 0 Å². The van der Waals surface area contributed by atoms with E-state index in [9.17, 15) is 9.59 Å². The van der Waals surface area contributed by atoms with Gasteiger partial charge in [-0.3, -0.25) is 9.59 Å². The number of amides is 2. The Balaban J connectivity index is 1.71. The number of benzene rings is 1. The first-order valence-corrected chi connectivity index (χ1v) is 8.04. The first kappa shape index (κ1) is 15.7. The molecule has 1 unspecified atom stereocenters. The predicted octanol–water partition coefficient (Wildman–Crippen LogP) is 3.05. The molecule has 1 N–H and O–H groups in total. The van der Waals surface area contributed by atoms with Crippen LogP contribution in [0.15, 0.2) is 33.3 Å². The van der Waals surface area contributed by atoms with Gasteiger partial charge < -0.3 is 14.7 Å². The highest BCUT2D eigenvalue weighted by molar-refractivity contribution is 9.10. The molecule has 7 heteroatoms. The molecule has 23 heavy (non-hydrogen) atoms. The number of carbonyl (C=O) groups excluding carboxylic acids is 2. The zero-order valence-corrected chi connectivity index (χ0v) is 14.4. The van der Waals surface area contributed by atoms with Crippen LogP contribution in [0.3, 0.4) is 0 Å². The summed E-state index contributed by atoms with van der Waals surface area (Å²) in [7, 11) is 0. The summed E-state index contributed by atoms with van der Waals surface area (Å²) in [6.07, 6.45) is 0.192. The maximum Gasteiger partial charge on any atom is 0.231 e. The van der Waals surface area contributed by atoms with E-state index in [0.717, 1.165) is 15.7 Å². The second kappa shape index (κ2) is 6.16. The van der Waals surface area contributed by atoms with Crippen LogP contribution in [-0.2, 0) is 9.59 Å². The van der Waals surface area contributed by atoms with Crippen molar-refractivity contribution in [3.05, 3.63) is 40.1 Å². The molecular weight excluding hydrogens is 362 g/mol. The van der Waals surface area contributed by atoms with Crippen LogP contribution in [0.5, 0.6) is 0 Å². The first-order valence-electron chi connectivity index (χ1n) is 7.25. The quantitative estimate of drug-likeness (QED) is 0.891. The fourth-order valence-electron chi connectivity index (χ4n) is 2.58. The molecule has 6 nitrogen and oxygen atoms in total. The van der Waals surface area contributed by atoms with Crippen molar-refractivity contribution in [3.8, 4) is 0 Å². The summed E-state index contributed by atoms with van der Waals surface area (Å²) >= 11 is 3.44. The smallest absolute Gasteiger partial charge is 0.231 e. The van der Waals surface area contributed by atoms with Crippen molar-refractivity contribution in [2.75, 3.05) is 16.8 Å². The van der Waals surface area contributed by atoms with Crippen LogP contribution < -0.4 is 10.2 Å². The number of rotatable bonds is 3. The molecule has 2 aromatic rings. The van der Waals surface area contributed by atoms with Crippen molar-refractivity contribution in [1.29, 1.82) is 0 Å². The Kier molecular flexibility index (Phi) is 4.21. The van der Waals surface area contributed by atoms with Gasteiger partial charge in [0.25, 0.3) is 0 Å². The summed E-state index contributed by atoms with van der Waals surface area (Å²) in [6, 6.07) is 7.35. The molecule has 1 saturated heterocycles. The number of hydrogen-bond acceptors (Lipinski definition) is 4. The van der Waals surface area contributed by atoms with Gasteiger partial charge in [0.2, 0.25) is 11.8 Å². The van der Waals surface area contributed by atoms with E-state index in [1.54, 1.807) is 17.9 Å². The SMILES string of the molecule is Cc1cc(NC(=O)C2CC(=O)N(c3ccc(Br)c(C)c3)C2)no1. The molecule has 1 aliphatic rings. The highest BCUT2D eigenvalue weighted by Gasteiger charge is 2.35. The molecule has 1 atom stereocenters. The Morgan fingerprint density at radius 3 is 2.83 bits per heavy atom. The molecule has 0 saturated carbocycles. The van der Waals surface area contributed by atoms with Crippen LogP contribution >= 0.6 is 15.9 Å². The maximum absolute atomic E-state index is 12.3. The standard InChI is InChI=1S/C16H16BrN3O3/c1-9-5-12(3-4-13(9)17)20-8-11(7-15(20)21)16(22)18-14-6-10(2)23-19-14/h3-6,11H,7-8H2,1-2H3,(H,18,19,22). The minimum atomic E-state index is -0.400. The van der Waals surface area contributed by atoms with Gasteiger partial charge in [-0.2, -0.15) is 0 Å². The summed E-state index contributed by atoms with van der Waals surface area (Å²) in [5, 5.41) is 6.42. The number of nitrogens with one attached hydrogen (secondary N) is 1. The summed E-state index contributed by atoms with van der Waals surface area (Å²) in [6.45, 7) is 4.08. The molecule has 1 aromatic heterocycles. The lowest BCUT2D eigenvalue weighted by atomic mass is 10.1. The Morgan fingerprint density at radius 1 is 1.39 bits per heavy atom. The highest BCUT2D eigenvalue weighted by atomic mass is 79.9. The van der Waals surface area contributed by atoms with E-state index in [4.69, 9.17) is 4.52 Å². The molecular formula is C16H16BrN3O3. The van der Waals surface area contributed by atoms with Crippen LogP contribution in [0.2, 0.25) is 0 Å². The van der Waals surface area contributed by atoms with Gasteiger partial charge in [0.1, 0.15) is 5.76 Å². The Hall–Kier alpha value is -2.15. The van der Waals surface area contributed by atoms with Crippen LogP contribution in [-0.4, -0.2) is 23.5 Å². The molecule has 2 heterocycles. The largest absolute Gasteiger partial charge is 0.360 e. The van der Waals surface area contributed by atoms with Crippen molar-refractivity contribution in [2.24, 2.45) is 5.92 Å². The third kappa shape index (κ3) is 3.29. The van der Waals surface area contributed by atoms with Gasteiger partial charge in [-0.1, -0.05) is 21.1 Å². The van der Waals surface area contributed by atoms with E-state index in [1.165, 1.54) is 0 Å². The Labute approximate surface area is 142 Å². The fourth-order valence-corrected chi connectivity index (χ4v) is 2.83. The summed E-state index contributed by atoms with van der Waals surface area (Å²) in [5.74, 6) is 0.322. The van der Waals surface area contributed by atoms with Gasteiger partial charge in [-0.15, -0.1) is 0 Å². The summed E-state index contributed by atoms with van der Waals surface area (Å²) in [4.78, 5) is 26.2. The first-order chi connectivity index (χ1) is 10.9. The normalized spacial score (nSPS) is 17.6. The molecule has 0 spiro atoms. The third-order valence-electron chi connectivity index (χ3n) is 3.83. The van der Waals surface area contributed by atoms with E-state index in [1.807, 2.05) is 25.1 Å². The maximum atomic E-state index is 12.3. The van der Waals surface area contributed by atoms with E-state index in [-0.39, 0.29) is 18.2 Å². The molecule has 3 rings (SSSR count). The zero-order valence-electron chi connectivity index (χ0n) is 12.8. The van der Waals surface area contributed by atoms with Crippen LogP contribution in [0.1, 0.15) is 17.7 Å². The number of nitrogens with zero attached hydrogens (tertiary/aromatic N) is 2. The Morgan fingerprint density at radius 2 is 2.17 bits per heavy atom. The molecule has 0 aliphatic carbocycles. The number of aryl methyl sites for hydroxylation is 2. The van der Waals surface area contributed by atoms with E-state index in [0.29, 0.717) is 18.1 Å². The number of halogens is 1. The van der Waals surface area contributed by atoms with Crippen molar-refractivity contribution in [1.82, 2.24) is 5.16 Å². The predicted molar refractivity (Wildman–Crippen MR) is 89.2 cm³/mol. The van der Waals surface area contributed by atoms with Crippen LogP contribution in [0.4, 0.5) is 11.5 Å². The van der Waals surface area contributed by atoms with Crippen LogP contribution in [0, 0.1) is 19.8 Å². The molecule has 120 valence electrons. The van der Waals surface area contributed by atoms with E-state index < -0.39 is 5.92 Å². The second-order valence-electron chi connectivity index (χ2n) is 5.65. The highest BCUT2D eigenvalue weighted by Crippen LogP contribution is 2.29. The third-order valence-corrected chi connectivity index (χ3v) is 4.72. The molecule has 1 fully saturated rings. The van der Waals surface area contributed by atoms with Crippen molar-refractivity contribution in [2.45, 2.75) is 20.3 Å². The minimum Gasteiger partial charge on any atom is -0.360 e. The minimum absolute atomic E-state index is 0.0526. The summed E-state index contributed by atoms with van der Waals surface area (Å²) in [5.41, 5.74) is 1.85. The molecule has 0 bridgehead atoms. The van der Waals surface area contributed by atoms with Gasteiger partial charge in [0.05, 0.1) is 5.92 Å². The molecule has 0 radical (unpaired) electrons. The van der Waals surface area contributed by atoms with Gasteiger partial charge in [-0.05, 0) is 37.6 Å². The average Bonchev–Trinajstić information content (AvgIpc) is 3.08. The number of aromatic nitrogens is 1. The van der Waals surface area contributed by atoms with Crippen molar-refractivity contribution >= 4 is 39.2 Å². The lowest BCUT2D eigenvalue weighted by Crippen LogP contribution is -2.28. The zero-order chi connectivity index (χ0) is 16.6. The topological polar surface area (TPSA) is 75.4 Å². The van der Waals surface area contributed by atoms with E-state index in [2.05, 4.69) is 26.4 Å². The van der Waals surface area contributed by atoms with Crippen LogP contribution in [0.25, 0.3) is 0 Å². The lowest BCUT2D eigenvalue weighted by Gasteiger charge is -2.17. The fraction of sp³-hybridized carbons (Fsp3) is 0.312. The van der Waals surface area contributed by atoms with Crippen molar-refractivity contribution < 1.29 is 14.1 Å². The number of anilines is 2. The molecule has 1 aliphatic heterocycles. The number of hydrogen-bond donors (Lipinski definition) is 1. The monoisotopic (exact) mass is 377 g/mol. The van der Waals surface area contributed by atoms with Gasteiger partial charge in [-0.25, -0.2) is 0 Å². The van der Waals surface area contributed by atoms with E-state index >= 15 is 0 Å². The number of carbonyl (C=O) groups is 2. The second-order valence-corrected chi connectivity index (χ2v) is 6.51. The summed E-state index contributed by atoms with van der Waals surface area (Å²) < 4.78 is 5.91. The molecule has 2 amide bonds. The average molecular weight is 378 g/mol. The molecule has 1 aromatic carbocycles. The Bertz CT molecular complexity index is 772. The van der Waals surface area contributed by atoms with Gasteiger partial charge in [0.15, 0.2) is 5.82 Å². The van der Waals surface area contributed by atoms with Crippen molar-refractivity contribution in [3.63, 3.8) is 0 Å². The lowest BCUT2D eigenvalue weighted by molar-refractivity contribution is -0.122. The van der Waals surface area contributed by atoms with Gasteiger partial charge in [0, 0.05) is 29.2 Å².